The smallest absolute Gasteiger partial charge is 0.177 e. The molecule has 0 unspecified atom stereocenters. The summed E-state index contributed by atoms with van der Waals surface area (Å²) in [6, 6.07) is 3.53. The van der Waals surface area contributed by atoms with Crippen LogP contribution >= 0.6 is 0 Å². The van der Waals surface area contributed by atoms with E-state index in [0.717, 1.165) is 5.69 Å². The van der Waals surface area contributed by atoms with Gasteiger partial charge in [-0.25, -0.2) is 0 Å². The van der Waals surface area contributed by atoms with E-state index in [2.05, 4.69) is 4.98 Å². The van der Waals surface area contributed by atoms with E-state index in [1.165, 1.54) is 0 Å². The van der Waals surface area contributed by atoms with Crippen molar-refractivity contribution in [3.05, 3.63) is 29.6 Å². The van der Waals surface area contributed by atoms with Crippen LogP contribution in [0.5, 0.6) is 0 Å². The van der Waals surface area contributed by atoms with E-state index in [0.29, 0.717) is 5.56 Å². The molecule has 0 aromatic carbocycles. The quantitative estimate of drug-likeness (QED) is 0.626. The van der Waals surface area contributed by atoms with E-state index < -0.39 is 0 Å². The molecule has 0 aliphatic heterocycles. The van der Waals surface area contributed by atoms with Crippen LogP contribution in [0.15, 0.2) is 18.3 Å². The summed E-state index contributed by atoms with van der Waals surface area (Å²) in [5, 5.41) is 0. The number of nitrogens with two attached hydrogens (primary N) is 1. The molecule has 0 saturated heterocycles. The Morgan fingerprint density at radius 2 is 2.36 bits per heavy atom. The molecular formula is C8H10N2O. The van der Waals surface area contributed by atoms with Gasteiger partial charge >= 0.3 is 0 Å². The highest BCUT2D eigenvalue weighted by Crippen LogP contribution is 1.98. The summed E-state index contributed by atoms with van der Waals surface area (Å²) < 4.78 is 0. The zero-order chi connectivity index (χ0) is 8.27. The van der Waals surface area contributed by atoms with Gasteiger partial charge in [0.15, 0.2) is 5.78 Å². The monoisotopic (exact) mass is 150 g/mol. The molecule has 0 aliphatic rings. The van der Waals surface area contributed by atoms with Crippen LogP contribution in [0, 0.1) is 6.92 Å². The minimum atomic E-state index is -0.0718. The maximum Gasteiger partial charge on any atom is 0.177 e. The summed E-state index contributed by atoms with van der Waals surface area (Å²) in [5.41, 5.74) is 6.65. The fourth-order valence-electron chi connectivity index (χ4n) is 0.751. The predicted molar refractivity (Wildman–Crippen MR) is 42.4 cm³/mol. The lowest BCUT2D eigenvalue weighted by Crippen LogP contribution is -2.13. The van der Waals surface area contributed by atoms with Gasteiger partial charge in [-0.05, 0) is 19.1 Å². The summed E-state index contributed by atoms with van der Waals surface area (Å²) in [4.78, 5) is 14.9. The largest absolute Gasteiger partial charge is 0.324 e. The second-order valence-electron chi connectivity index (χ2n) is 2.32. The van der Waals surface area contributed by atoms with Crippen molar-refractivity contribution in [3.63, 3.8) is 0 Å². The van der Waals surface area contributed by atoms with Crippen molar-refractivity contribution in [1.29, 1.82) is 0 Å². The number of nitrogens with zero attached hydrogens (tertiary/aromatic N) is 1. The lowest BCUT2D eigenvalue weighted by molar-refractivity contribution is 0.100. The number of aryl methyl sites for hydroxylation is 1. The number of pyridine rings is 1. The third kappa shape index (κ3) is 1.85. The van der Waals surface area contributed by atoms with Gasteiger partial charge in [0, 0.05) is 17.5 Å². The van der Waals surface area contributed by atoms with Crippen LogP contribution in [-0.4, -0.2) is 17.3 Å². The number of rotatable bonds is 2. The molecule has 0 atom stereocenters. The number of ketones is 1. The van der Waals surface area contributed by atoms with Crippen molar-refractivity contribution in [2.24, 2.45) is 5.73 Å². The Morgan fingerprint density at radius 3 is 2.82 bits per heavy atom. The summed E-state index contributed by atoms with van der Waals surface area (Å²) in [6.07, 6.45) is 1.55. The molecule has 0 bridgehead atoms. The van der Waals surface area contributed by atoms with Crippen LogP contribution in [0.4, 0.5) is 0 Å². The second-order valence-corrected chi connectivity index (χ2v) is 2.32. The predicted octanol–water partition coefficient (Wildman–Crippen LogP) is 0.531. The topological polar surface area (TPSA) is 56.0 Å². The number of carbonyl (C=O) groups is 1. The number of aromatic nitrogens is 1. The van der Waals surface area contributed by atoms with Crippen LogP contribution in [0.3, 0.4) is 0 Å². The number of hydrogen-bond acceptors (Lipinski definition) is 3. The van der Waals surface area contributed by atoms with Gasteiger partial charge in [0.1, 0.15) is 0 Å². The minimum Gasteiger partial charge on any atom is -0.324 e. The third-order valence-corrected chi connectivity index (χ3v) is 1.42. The van der Waals surface area contributed by atoms with Crippen LogP contribution < -0.4 is 5.73 Å². The first-order valence-electron chi connectivity index (χ1n) is 3.40. The van der Waals surface area contributed by atoms with Gasteiger partial charge in [-0.2, -0.15) is 0 Å². The maximum absolute atomic E-state index is 11.0. The van der Waals surface area contributed by atoms with E-state index in [1.807, 2.05) is 6.92 Å². The molecule has 0 aliphatic carbocycles. The molecule has 0 amide bonds. The summed E-state index contributed by atoms with van der Waals surface area (Å²) in [7, 11) is 0. The lowest BCUT2D eigenvalue weighted by atomic mass is 10.2. The van der Waals surface area contributed by atoms with Gasteiger partial charge in [0.2, 0.25) is 0 Å². The minimum absolute atomic E-state index is 0.0464. The van der Waals surface area contributed by atoms with Gasteiger partial charge in [0.25, 0.3) is 0 Å². The standard InChI is InChI=1S/C8H10N2O/c1-6-2-3-7(5-10-6)8(11)4-9/h2-3,5H,4,9H2,1H3. The molecule has 1 aromatic heterocycles. The average molecular weight is 150 g/mol. The Kier molecular flexibility index (Phi) is 2.33. The molecule has 2 N–H and O–H groups in total. The Balaban J connectivity index is 2.90. The molecule has 0 radical (unpaired) electrons. The molecule has 58 valence electrons. The molecule has 11 heavy (non-hydrogen) atoms. The Morgan fingerprint density at radius 1 is 1.64 bits per heavy atom. The van der Waals surface area contributed by atoms with Gasteiger partial charge in [0.05, 0.1) is 6.54 Å². The highest BCUT2D eigenvalue weighted by Gasteiger charge is 2.01. The Hall–Kier alpha value is -1.22. The first kappa shape index (κ1) is 7.88. The van der Waals surface area contributed by atoms with Crippen molar-refractivity contribution in [2.75, 3.05) is 6.54 Å². The first-order chi connectivity index (χ1) is 5.24. The van der Waals surface area contributed by atoms with Crippen LogP contribution in [0.1, 0.15) is 16.1 Å². The van der Waals surface area contributed by atoms with Gasteiger partial charge in [-0.3, -0.25) is 9.78 Å². The Labute approximate surface area is 65.2 Å². The fourth-order valence-corrected chi connectivity index (χ4v) is 0.751. The number of hydrogen-bond donors (Lipinski definition) is 1. The van der Waals surface area contributed by atoms with Gasteiger partial charge in [-0.15, -0.1) is 0 Å². The summed E-state index contributed by atoms with van der Waals surface area (Å²) >= 11 is 0. The molecule has 1 aromatic rings. The van der Waals surface area contributed by atoms with Crippen LogP contribution in [0.25, 0.3) is 0 Å². The highest BCUT2D eigenvalue weighted by molar-refractivity contribution is 5.97. The van der Waals surface area contributed by atoms with Crippen molar-refractivity contribution < 1.29 is 4.79 Å². The summed E-state index contributed by atoms with van der Waals surface area (Å²) in [6.45, 7) is 1.92. The van der Waals surface area contributed by atoms with Crippen molar-refractivity contribution in [3.8, 4) is 0 Å². The first-order valence-corrected chi connectivity index (χ1v) is 3.40. The maximum atomic E-state index is 11.0. The molecule has 0 spiro atoms. The van der Waals surface area contributed by atoms with Crippen LogP contribution in [-0.2, 0) is 0 Å². The van der Waals surface area contributed by atoms with E-state index >= 15 is 0 Å². The number of Topliss-reactive ketones (excluding diaryl/α,β-unsaturated/α-hetero) is 1. The molecule has 3 nitrogen and oxygen atoms in total. The van der Waals surface area contributed by atoms with Crippen molar-refractivity contribution >= 4 is 5.78 Å². The van der Waals surface area contributed by atoms with Crippen molar-refractivity contribution in [1.82, 2.24) is 4.98 Å². The van der Waals surface area contributed by atoms with Crippen molar-refractivity contribution in [2.45, 2.75) is 6.92 Å². The second kappa shape index (κ2) is 3.25. The molecule has 1 rings (SSSR count). The number of carbonyl (C=O) groups excluding carboxylic acids is 1. The summed E-state index contributed by atoms with van der Waals surface area (Å²) in [5.74, 6) is -0.0718. The highest BCUT2D eigenvalue weighted by atomic mass is 16.1. The SMILES string of the molecule is Cc1ccc(C(=O)CN)cn1. The van der Waals surface area contributed by atoms with E-state index in [-0.39, 0.29) is 12.3 Å². The van der Waals surface area contributed by atoms with E-state index in [1.54, 1.807) is 18.3 Å². The normalized spacial score (nSPS) is 9.64. The van der Waals surface area contributed by atoms with E-state index in [9.17, 15) is 4.79 Å². The molecule has 3 heteroatoms. The zero-order valence-electron chi connectivity index (χ0n) is 6.37. The van der Waals surface area contributed by atoms with Crippen LogP contribution in [0.2, 0.25) is 0 Å². The van der Waals surface area contributed by atoms with E-state index in [4.69, 9.17) is 5.73 Å². The Bertz CT molecular complexity index is 253. The fraction of sp³-hybridized carbons (Fsp3) is 0.250. The lowest BCUT2D eigenvalue weighted by Gasteiger charge is -1.96. The molecule has 0 fully saturated rings. The zero-order valence-corrected chi connectivity index (χ0v) is 6.37. The molecular weight excluding hydrogens is 140 g/mol. The third-order valence-electron chi connectivity index (χ3n) is 1.42. The molecule has 0 saturated carbocycles. The average Bonchev–Trinajstić information content (AvgIpc) is 2.05. The molecule has 1 heterocycles. The van der Waals surface area contributed by atoms with Gasteiger partial charge < -0.3 is 5.73 Å². The van der Waals surface area contributed by atoms with Gasteiger partial charge in [-0.1, -0.05) is 0 Å².